The zero-order valence-corrected chi connectivity index (χ0v) is 21.2. The zero-order valence-electron chi connectivity index (χ0n) is 21.2. The smallest absolute Gasteiger partial charge is 0.315 e. The van der Waals surface area contributed by atoms with Gasteiger partial charge in [0.05, 0.1) is 12.1 Å². The van der Waals surface area contributed by atoms with Gasteiger partial charge in [0.1, 0.15) is 0 Å². The normalized spacial score (nSPS) is 25.1. The average Bonchev–Trinajstić information content (AvgIpc) is 2.91. The summed E-state index contributed by atoms with van der Waals surface area (Å²) < 4.78 is 0. The van der Waals surface area contributed by atoms with E-state index in [-0.39, 0.29) is 24.1 Å². The van der Waals surface area contributed by atoms with Crippen LogP contribution in [-0.2, 0) is 12.8 Å². The Morgan fingerprint density at radius 1 is 0.639 bits per heavy atom. The predicted octanol–water partition coefficient (Wildman–Crippen LogP) is 5.55. The molecule has 5 rings (SSSR count). The second-order valence-electron chi connectivity index (χ2n) is 10.9. The molecule has 0 saturated heterocycles. The van der Waals surface area contributed by atoms with E-state index in [1.54, 1.807) is 0 Å². The van der Waals surface area contributed by atoms with Crippen LogP contribution in [-0.4, -0.2) is 25.2 Å². The van der Waals surface area contributed by atoms with Gasteiger partial charge in [-0.1, -0.05) is 55.0 Å². The Hall–Kier alpha value is -3.02. The highest BCUT2D eigenvalue weighted by Gasteiger charge is 2.26. The van der Waals surface area contributed by atoms with Gasteiger partial charge in [0.15, 0.2) is 0 Å². The minimum absolute atomic E-state index is 0.0657. The van der Waals surface area contributed by atoms with Crippen LogP contribution >= 0.6 is 0 Å². The molecule has 6 heteroatoms. The van der Waals surface area contributed by atoms with Gasteiger partial charge in [-0.25, -0.2) is 9.59 Å². The number of urea groups is 2. The lowest BCUT2D eigenvalue weighted by Gasteiger charge is -2.31. The van der Waals surface area contributed by atoms with Crippen molar-refractivity contribution in [3.63, 3.8) is 0 Å². The summed E-state index contributed by atoms with van der Waals surface area (Å²) in [6, 6.07) is 17.0. The zero-order chi connectivity index (χ0) is 24.7. The molecule has 1 saturated carbocycles. The van der Waals surface area contributed by atoms with E-state index >= 15 is 0 Å². The fourth-order valence-corrected chi connectivity index (χ4v) is 6.47. The third-order valence-corrected chi connectivity index (χ3v) is 8.34. The Kier molecular flexibility index (Phi) is 8.09. The number of aryl methyl sites for hydroxylation is 2. The molecule has 0 spiro atoms. The Balaban J connectivity index is 1.03. The van der Waals surface area contributed by atoms with Crippen LogP contribution in [0.3, 0.4) is 0 Å². The standard InChI is InChI=1S/C30H40N4O2/c35-29(33-27-16-6-12-23-10-1-3-14-25(23)27)31-19-21-8-5-9-22(18-21)20-32-30(36)34-28-17-7-13-24-11-2-4-15-26(24)28/h1-4,10-11,14-15,21-22,27-28H,5-9,12-13,16-20H2,(H2,31,33,35)(H2,32,34,36)/t21-,22-,27+,28+/m0/s1. The molecule has 4 N–H and O–H groups in total. The van der Waals surface area contributed by atoms with Gasteiger partial charge in [0.2, 0.25) is 0 Å². The van der Waals surface area contributed by atoms with E-state index < -0.39 is 0 Å². The first kappa shape index (κ1) is 24.7. The number of benzene rings is 2. The van der Waals surface area contributed by atoms with Crippen LogP contribution in [0.4, 0.5) is 9.59 Å². The highest BCUT2D eigenvalue weighted by molar-refractivity contribution is 5.75. The molecular weight excluding hydrogens is 448 g/mol. The summed E-state index contributed by atoms with van der Waals surface area (Å²) in [6.45, 7) is 1.39. The van der Waals surface area contributed by atoms with Crippen molar-refractivity contribution >= 4 is 12.1 Å². The summed E-state index contributed by atoms with van der Waals surface area (Å²) in [7, 11) is 0. The van der Waals surface area contributed by atoms with Crippen molar-refractivity contribution in [3.05, 3.63) is 70.8 Å². The van der Waals surface area contributed by atoms with Gasteiger partial charge in [-0.2, -0.15) is 0 Å². The molecule has 192 valence electrons. The van der Waals surface area contributed by atoms with Crippen LogP contribution in [0, 0.1) is 11.8 Å². The lowest BCUT2D eigenvalue weighted by Crippen LogP contribution is -2.43. The lowest BCUT2D eigenvalue weighted by atomic mass is 9.81. The Morgan fingerprint density at radius 2 is 1.11 bits per heavy atom. The first-order valence-corrected chi connectivity index (χ1v) is 13.9. The maximum atomic E-state index is 12.6. The molecule has 3 aliphatic carbocycles. The summed E-state index contributed by atoms with van der Waals surface area (Å²) in [5.41, 5.74) is 5.23. The third-order valence-electron chi connectivity index (χ3n) is 8.34. The highest BCUT2D eigenvalue weighted by Crippen LogP contribution is 2.31. The second kappa shape index (κ2) is 11.8. The summed E-state index contributed by atoms with van der Waals surface area (Å²) in [5.74, 6) is 0.923. The molecule has 4 atom stereocenters. The molecule has 0 aliphatic heterocycles. The van der Waals surface area contributed by atoms with Crippen molar-refractivity contribution in [3.8, 4) is 0 Å². The van der Waals surface area contributed by atoms with Gasteiger partial charge in [-0.3, -0.25) is 0 Å². The molecule has 3 aliphatic rings. The molecule has 1 fully saturated rings. The monoisotopic (exact) mass is 488 g/mol. The maximum absolute atomic E-state index is 12.6. The molecule has 0 aromatic heterocycles. The summed E-state index contributed by atoms with van der Waals surface area (Å²) in [6.07, 6.45) is 10.9. The SMILES string of the molecule is O=C(NC[C@H]1CCC[C@H](CNC(=O)N[C@@H]2CCCc3ccccc32)C1)N[C@@H]1CCCc2ccccc21. The first-order chi connectivity index (χ1) is 17.7. The van der Waals surface area contributed by atoms with Gasteiger partial charge in [-0.05, 0) is 91.9 Å². The van der Waals surface area contributed by atoms with Crippen molar-refractivity contribution in [1.29, 1.82) is 0 Å². The van der Waals surface area contributed by atoms with Crippen molar-refractivity contribution in [1.82, 2.24) is 21.3 Å². The molecule has 36 heavy (non-hydrogen) atoms. The molecule has 0 bridgehead atoms. The van der Waals surface area contributed by atoms with Crippen LogP contribution in [0.15, 0.2) is 48.5 Å². The number of rotatable bonds is 6. The van der Waals surface area contributed by atoms with E-state index in [4.69, 9.17) is 0 Å². The number of hydrogen-bond donors (Lipinski definition) is 4. The number of amides is 4. The Labute approximate surface area is 215 Å². The van der Waals surface area contributed by atoms with Crippen LogP contribution in [0.1, 0.15) is 85.7 Å². The second-order valence-corrected chi connectivity index (χ2v) is 10.9. The first-order valence-electron chi connectivity index (χ1n) is 13.9. The van der Waals surface area contributed by atoms with Crippen LogP contribution in [0.5, 0.6) is 0 Å². The van der Waals surface area contributed by atoms with Crippen LogP contribution < -0.4 is 21.3 Å². The molecule has 2 aromatic rings. The number of nitrogens with one attached hydrogen (secondary N) is 4. The highest BCUT2D eigenvalue weighted by atomic mass is 16.2. The minimum Gasteiger partial charge on any atom is -0.338 e. The Bertz CT molecular complexity index is 973. The molecule has 0 radical (unpaired) electrons. The van der Waals surface area contributed by atoms with Crippen molar-refractivity contribution in [2.45, 2.75) is 76.3 Å². The van der Waals surface area contributed by atoms with E-state index in [1.165, 1.54) is 22.3 Å². The molecule has 2 aromatic carbocycles. The van der Waals surface area contributed by atoms with E-state index in [0.29, 0.717) is 24.9 Å². The molecule has 0 heterocycles. The van der Waals surface area contributed by atoms with Crippen molar-refractivity contribution < 1.29 is 9.59 Å². The predicted molar refractivity (Wildman–Crippen MR) is 143 cm³/mol. The number of carbonyl (C=O) groups is 2. The Morgan fingerprint density at radius 3 is 1.61 bits per heavy atom. The van der Waals surface area contributed by atoms with E-state index in [9.17, 15) is 9.59 Å². The lowest BCUT2D eigenvalue weighted by molar-refractivity contribution is 0.217. The van der Waals surface area contributed by atoms with E-state index in [2.05, 4.69) is 69.8 Å². The maximum Gasteiger partial charge on any atom is 0.315 e. The van der Waals surface area contributed by atoms with E-state index in [1.807, 2.05) is 0 Å². The quantitative estimate of drug-likeness (QED) is 0.430. The van der Waals surface area contributed by atoms with E-state index in [0.717, 1.165) is 64.2 Å². The van der Waals surface area contributed by atoms with Gasteiger partial charge >= 0.3 is 12.1 Å². The van der Waals surface area contributed by atoms with Crippen LogP contribution in [0.2, 0.25) is 0 Å². The number of fused-ring (bicyclic) bond motifs is 2. The van der Waals surface area contributed by atoms with Crippen molar-refractivity contribution in [2.75, 3.05) is 13.1 Å². The fraction of sp³-hybridized carbons (Fsp3) is 0.533. The van der Waals surface area contributed by atoms with Crippen LogP contribution in [0.25, 0.3) is 0 Å². The summed E-state index contributed by atoms with van der Waals surface area (Å²) >= 11 is 0. The van der Waals surface area contributed by atoms with Gasteiger partial charge in [0, 0.05) is 13.1 Å². The average molecular weight is 489 g/mol. The number of hydrogen-bond acceptors (Lipinski definition) is 2. The molecule has 0 unspecified atom stereocenters. The van der Waals surface area contributed by atoms with Crippen molar-refractivity contribution in [2.24, 2.45) is 11.8 Å². The van der Waals surface area contributed by atoms with Gasteiger partial charge in [-0.15, -0.1) is 0 Å². The topological polar surface area (TPSA) is 82.3 Å². The minimum atomic E-state index is -0.0657. The molecule has 4 amide bonds. The largest absolute Gasteiger partial charge is 0.338 e. The number of carbonyl (C=O) groups excluding carboxylic acids is 2. The summed E-state index contributed by atoms with van der Waals surface area (Å²) in [5, 5.41) is 12.7. The van der Waals surface area contributed by atoms with Gasteiger partial charge < -0.3 is 21.3 Å². The van der Waals surface area contributed by atoms with Gasteiger partial charge in [0.25, 0.3) is 0 Å². The molecule has 6 nitrogen and oxygen atoms in total. The summed E-state index contributed by atoms with van der Waals surface area (Å²) in [4.78, 5) is 25.3. The fourth-order valence-electron chi connectivity index (χ4n) is 6.47. The molecular formula is C30H40N4O2. The third kappa shape index (κ3) is 6.21.